The Hall–Kier alpha value is -3.75. The minimum atomic E-state index is -1.06. The number of benzene rings is 3. The van der Waals surface area contributed by atoms with Gasteiger partial charge in [-0.05, 0) is 59.2 Å². The molecular weight excluding hydrogens is 466 g/mol. The zero-order valence-electron chi connectivity index (χ0n) is 19.9. The summed E-state index contributed by atoms with van der Waals surface area (Å²) in [7, 11) is 1.45. The molecule has 1 fully saturated rings. The molecule has 0 atom stereocenters. The van der Waals surface area contributed by atoms with Gasteiger partial charge in [0.2, 0.25) is 0 Å². The molecule has 0 bridgehead atoms. The lowest BCUT2D eigenvalue weighted by Gasteiger charge is -2.40. The Labute approximate surface area is 208 Å². The number of aromatic hydroxyl groups is 1. The number of rotatable bonds is 8. The van der Waals surface area contributed by atoms with Crippen LogP contribution in [0.5, 0.6) is 11.5 Å². The molecule has 0 spiro atoms. The second-order valence-corrected chi connectivity index (χ2v) is 8.72. The molecular formula is C28H28F2N2O4. The summed E-state index contributed by atoms with van der Waals surface area (Å²) in [5.41, 5.74) is 3.11. The molecule has 0 aromatic heterocycles. The predicted molar refractivity (Wildman–Crippen MR) is 133 cm³/mol. The van der Waals surface area contributed by atoms with Crippen LogP contribution >= 0.6 is 0 Å². The van der Waals surface area contributed by atoms with Crippen LogP contribution < -0.4 is 4.74 Å². The van der Waals surface area contributed by atoms with Crippen molar-refractivity contribution in [3.8, 4) is 11.5 Å². The number of methoxy groups -OCH3 is 1. The number of aliphatic carboxylic acids is 1. The molecule has 0 aliphatic carbocycles. The van der Waals surface area contributed by atoms with Gasteiger partial charge < -0.3 is 14.9 Å². The van der Waals surface area contributed by atoms with E-state index in [2.05, 4.69) is 9.80 Å². The second-order valence-electron chi connectivity index (χ2n) is 8.72. The van der Waals surface area contributed by atoms with Crippen molar-refractivity contribution >= 4 is 12.0 Å². The number of ether oxygens (including phenoxy) is 1. The van der Waals surface area contributed by atoms with Gasteiger partial charge in [-0.3, -0.25) is 9.80 Å². The molecule has 0 saturated carbocycles. The number of phenolic OH excluding ortho intramolecular Hbond substituents is 1. The highest BCUT2D eigenvalue weighted by Gasteiger charge is 2.27. The summed E-state index contributed by atoms with van der Waals surface area (Å²) in [5, 5.41) is 19.6. The van der Waals surface area contributed by atoms with Gasteiger partial charge in [-0.15, -0.1) is 0 Å². The van der Waals surface area contributed by atoms with Crippen LogP contribution in [0, 0.1) is 11.6 Å². The standard InChI is InChI=1S/C28H28F2N2O4/c1-36-25-17-19(2-11-26(33)34)16-22(28(25)35)18-31-12-14-32(15-13-31)27(20-3-7-23(29)8-4-20)21-5-9-24(30)10-6-21/h2-11,16-17,27,35H,12-15,18H2,1H3,(H,33,34). The van der Waals surface area contributed by atoms with Crippen molar-refractivity contribution in [3.05, 3.63) is 101 Å². The van der Waals surface area contributed by atoms with Crippen LogP contribution in [-0.4, -0.2) is 59.3 Å². The monoisotopic (exact) mass is 494 g/mol. The molecule has 1 heterocycles. The van der Waals surface area contributed by atoms with Crippen molar-refractivity contribution in [2.75, 3.05) is 33.3 Å². The summed E-state index contributed by atoms with van der Waals surface area (Å²) in [4.78, 5) is 15.4. The third-order valence-electron chi connectivity index (χ3n) is 6.35. The van der Waals surface area contributed by atoms with E-state index < -0.39 is 5.97 Å². The summed E-state index contributed by atoms with van der Waals surface area (Å²) in [6, 6.07) is 16.0. The zero-order valence-corrected chi connectivity index (χ0v) is 19.9. The topological polar surface area (TPSA) is 73.2 Å². The fourth-order valence-corrected chi connectivity index (χ4v) is 4.55. The highest BCUT2D eigenvalue weighted by Crippen LogP contribution is 2.34. The fourth-order valence-electron chi connectivity index (χ4n) is 4.55. The number of carboxylic acids is 1. The Balaban J connectivity index is 1.51. The first-order valence-electron chi connectivity index (χ1n) is 11.6. The molecule has 1 aliphatic rings. The normalized spacial score (nSPS) is 15.0. The maximum atomic E-state index is 13.6. The minimum absolute atomic E-state index is 0.0305. The van der Waals surface area contributed by atoms with Gasteiger partial charge in [-0.1, -0.05) is 24.3 Å². The van der Waals surface area contributed by atoms with E-state index in [0.717, 1.165) is 17.2 Å². The van der Waals surface area contributed by atoms with Crippen molar-refractivity contribution in [1.29, 1.82) is 0 Å². The molecule has 6 nitrogen and oxygen atoms in total. The van der Waals surface area contributed by atoms with Gasteiger partial charge in [0, 0.05) is 44.4 Å². The van der Waals surface area contributed by atoms with E-state index >= 15 is 0 Å². The molecule has 0 radical (unpaired) electrons. The van der Waals surface area contributed by atoms with Crippen molar-refractivity contribution in [2.45, 2.75) is 12.6 Å². The summed E-state index contributed by atoms with van der Waals surface area (Å²) < 4.78 is 32.4. The SMILES string of the molecule is COc1cc(C=CC(=O)O)cc(CN2CCN(C(c3ccc(F)cc3)c3ccc(F)cc3)CC2)c1O. The van der Waals surface area contributed by atoms with Crippen LogP contribution in [0.25, 0.3) is 6.08 Å². The van der Waals surface area contributed by atoms with Crippen molar-refractivity contribution in [2.24, 2.45) is 0 Å². The van der Waals surface area contributed by atoms with E-state index in [-0.39, 0.29) is 29.2 Å². The summed E-state index contributed by atoms with van der Waals surface area (Å²) >= 11 is 0. The van der Waals surface area contributed by atoms with Crippen LogP contribution in [0.1, 0.15) is 28.3 Å². The molecule has 3 aromatic rings. The molecule has 1 saturated heterocycles. The number of halogens is 2. The lowest BCUT2D eigenvalue weighted by Crippen LogP contribution is -2.47. The second kappa shape index (κ2) is 11.3. The number of phenols is 1. The Morgan fingerprint density at radius 2 is 1.53 bits per heavy atom. The van der Waals surface area contributed by atoms with Crippen LogP contribution in [0.3, 0.4) is 0 Å². The van der Waals surface area contributed by atoms with Crippen LogP contribution in [-0.2, 0) is 11.3 Å². The lowest BCUT2D eigenvalue weighted by atomic mass is 9.96. The highest BCUT2D eigenvalue weighted by molar-refractivity contribution is 5.85. The highest BCUT2D eigenvalue weighted by atomic mass is 19.1. The van der Waals surface area contributed by atoms with Gasteiger partial charge >= 0.3 is 5.97 Å². The Bertz CT molecular complexity index is 1180. The molecule has 3 aromatic carbocycles. The first kappa shape index (κ1) is 25.3. The predicted octanol–water partition coefficient (Wildman–Crippen LogP) is 4.68. The first-order valence-corrected chi connectivity index (χ1v) is 11.6. The molecule has 4 rings (SSSR count). The maximum Gasteiger partial charge on any atom is 0.328 e. The Kier molecular flexibility index (Phi) is 7.97. The first-order chi connectivity index (χ1) is 17.3. The molecule has 36 heavy (non-hydrogen) atoms. The number of hydrogen-bond acceptors (Lipinski definition) is 5. The van der Waals surface area contributed by atoms with Crippen LogP contribution in [0.15, 0.2) is 66.7 Å². The number of carbonyl (C=O) groups is 1. The molecule has 8 heteroatoms. The number of piperazine rings is 1. The fraction of sp³-hybridized carbons (Fsp3) is 0.250. The van der Waals surface area contributed by atoms with Gasteiger partial charge in [-0.25, -0.2) is 13.6 Å². The summed E-state index contributed by atoms with van der Waals surface area (Å²) in [6.45, 7) is 3.28. The van der Waals surface area contributed by atoms with Crippen molar-refractivity contribution in [3.63, 3.8) is 0 Å². The molecule has 0 unspecified atom stereocenters. The van der Waals surface area contributed by atoms with E-state index in [1.54, 1.807) is 36.4 Å². The van der Waals surface area contributed by atoms with E-state index in [1.807, 2.05) is 0 Å². The smallest absolute Gasteiger partial charge is 0.328 e. The summed E-state index contributed by atoms with van der Waals surface area (Å²) in [5.74, 6) is -1.36. The average molecular weight is 495 g/mol. The van der Waals surface area contributed by atoms with E-state index in [4.69, 9.17) is 9.84 Å². The largest absolute Gasteiger partial charge is 0.504 e. The van der Waals surface area contributed by atoms with Crippen LogP contribution in [0.2, 0.25) is 0 Å². The summed E-state index contributed by atoms with van der Waals surface area (Å²) in [6.07, 6.45) is 2.50. The van der Waals surface area contributed by atoms with Gasteiger partial charge in [-0.2, -0.15) is 0 Å². The van der Waals surface area contributed by atoms with Crippen molar-refractivity contribution in [1.82, 2.24) is 9.80 Å². The maximum absolute atomic E-state index is 13.6. The third-order valence-corrected chi connectivity index (χ3v) is 6.35. The van der Waals surface area contributed by atoms with Crippen LogP contribution in [0.4, 0.5) is 8.78 Å². The molecule has 1 aliphatic heterocycles. The zero-order chi connectivity index (χ0) is 25.7. The van der Waals surface area contributed by atoms with Gasteiger partial charge in [0.1, 0.15) is 11.6 Å². The van der Waals surface area contributed by atoms with Crippen molar-refractivity contribution < 1.29 is 28.5 Å². The average Bonchev–Trinajstić information content (AvgIpc) is 2.87. The molecule has 2 N–H and O–H groups in total. The quantitative estimate of drug-likeness (QED) is 0.443. The molecule has 0 amide bonds. The van der Waals surface area contributed by atoms with E-state index in [9.17, 15) is 18.7 Å². The number of hydrogen-bond donors (Lipinski definition) is 2. The Morgan fingerprint density at radius 1 is 0.972 bits per heavy atom. The van der Waals surface area contributed by atoms with Gasteiger partial charge in [0.15, 0.2) is 11.5 Å². The van der Waals surface area contributed by atoms with E-state index in [1.165, 1.54) is 37.5 Å². The number of nitrogens with zero attached hydrogens (tertiary/aromatic N) is 2. The van der Waals surface area contributed by atoms with E-state index in [0.29, 0.717) is 43.9 Å². The molecule has 188 valence electrons. The third kappa shape index (κ3) is 6.08. The van der Waals surface area contributed by atoms with Gasteiger partial charge in [0.25, 0.3) is 0 Å². The number of carboxylic acid groups (broad SMARTS) is 1. The van der Waals surface area contributed by atoms with Gasteiger partial charge in [0.05, 0.1) is 13.2 Å². The Morgan fingerprint density at radius 3 is 2.03 bits per heavy atom. The minimum Gasteiger partial charge on any atom is -0.504 e. The lowest BCUT2D eigenvalue weighted by molar-refractivity contribution is -0.131.